The lowest BCUT2D eigenvalue weighted by Crippen LogP contribution is -2.53. The molecule has 1 aromatic carbocycles. The predicted octanol–water partition coefficient (Wildman–Crippen LogP) is 2.19. The standard InChI is InChI=1S/C18H27FN4OS/c1-3-20-18(23-11-9-22(10-12-23)15(2)24)21-8-13-25-14-16-6-4-5-7-17(16)19/h4-7H,3,8-14H2,1-2H3,(H,20,21). The second kappa shape index (κ2) is 10.3. The van der Waals surface area contributed by atoms with Crippen molar-refractivity contribution in [3.8, 4) is 0 Å². The third-order valence-corrected chi connectivity index (χ3v) is 5.06. The minimum absolute atomic E-state index is 0.131. The molecule has 1 aliphatic rings. The molecule has 0 bridgehead atoms. The molecule has 2 rings (SSSR count). The van der Waals surface area contributed by atoms with Crippen LogP contribution < -0.4 is 5.32 Å². The third-order valence-electron chi connectivity index (χ3n) is 4.07. The lowest BCUT2D eigenvalue weighted by Gasteiger charge is -2.36. The van der Waals surface area contributed by atoms with Crippen molar-refractivity contribution in [1.29, 1.82) is 0 Å². The number of carbonyl (C=O) groups is 1. The van der Waals surface area contributed by atoms with E-state index in [1.165, 1.54) is 6.07 Å². The van der Waals surface area contributed by atoms with Gasteiger partial charge in [0.15, 0.2) is 5.96 Å². The van der Waals surface area contributed by atoms with Gasteiger partial charge in [-0.25, -0.2) is 4.39 Å². The fourth-order valence-electron chi connectivity index (χ4n) is 2.67. The van der Waals surface area contributed by atoms with Gasteiger partial charge in [0.05, 0.1) is 6.54 Å². The number of hydrogen-bond donors (Lipinski definition) is 1. The molecule has 0 spiro atoms. The molecule has 0 radical (unpaired) electrons. The van der Waals surface area contributed by atoms with Gasteiger partial charge in [-0.15, -0.1) is 0 Å². The molecule has 1 N–H and O–H groups in total. The summed E-state index contributed by atoms with van der Waals surface area (Å²) in [5.41, 5.74) is 0.740. The first-order valence-corrected chi connectivity index (χ1v) is 9.87. The van der Waals surface area contributed by atoms with Crippen molar-refractivity contribution in [2.45, 2.75) is 19.6 Å². The van der Waals surface area contributed by atoms with E-state index in [0.29, 0.717) is 12.3 Å². The van der Waals surface area contributed by atoms with E-state index in [2.05, 4.69) is 15.2 Å². The monoisotopic (exact) mass is 366 g/mol. The van der Waals surface area contributed by atoms with E-state index in [1.807, 2.05) is 24.0 Å². The minimum Gasteiger partial charge on any atom is -0.357 e. The fraction of sp³-hybridized carbons (Fsp3) is 0.556. The van der Waals surface area contributed by atoms with Crippen LogP contribution in [0.4, 0.5) is 4.39 Å². The van der Waals surface area contributed by atoms with Crippen LogP contribution in [0.2, 0.25) is 0 Å². The molecule has 1 aromatic rings. The molecule has 0 aliphatic carbocycles. The summed E-state index contributed by atoms with van der Waals surface area (Å²) in [6, 6.07) is 6.89. The van der Waals surface area contributed by atoms with Crippen LogP contribution in [0.5, 0.6) is 0 Å². The Balaban J connectivity index is 1.78. The topological polar surface area (TPSA) is 47.9 Å². The van der Waals surface area contributed by atoms with Crippen LogP contribution in [-0.2, 0) is 10.5 Å². The van der Waals surface area contributed by atoms with Gasteiger partial charge in [-0.3, -0.25) is 9.79 Å². The van der Waals surface area contributed by atoms with Gasteiger partial charge in [-0.2, -0.15) is 11.8 Å². The van der Waals surface area contributed by atoms with Crippen molar-refractivity contribution in [3.63, 3.8) is 0 Å². The smallest absolute Gasteiger partial charge is 0.219 e. The maximum atomic E-state index is 13.6. The van der Waals surface area contributed by atoms with Gasteiger partial charge in [0.2, 0.25) is 5.91 Å². The molecule has 1 aliphatic heterocycles. The molecule has 1 heterocycles. The average Bonchev–Trinajstić information content (AvgIpc) is 2.62. The maximum Gasteiger partial charge on any atom is 0.219 e. The molecule has 7 heteroatoms. The number of thioether (sulfide) groups is 1. The summed E-state index contributed by atoms with van der Waals surface area (Å²) in [5, 5.41) is 3.32. The zero-order valence-corrected chi connectivity index (χ0v) is 15.8. The van der Waals surface area contributed by atoms with Crippen LogP contribution in [0.15, 0.2) is 29.3 Å². The summed E-state index contributed by atoms with van der Waals surface area (Å²) in [6.45, 7) is 8.24. The second-order valence-corrected chi connectivity index (χ2v) is 6.98. The molecule has 1 amide bonds. The Morgan fingerprint density at radius 1 is 1.24 bits per heavy atom. The van der Waals surface area contributed by atoms with Gasteiger partial charge in [-0.05, 0) is 18.6 Å². The molecular weight excluding hydrogens is 339 g/mol. The Kier molecular flexibility index (Phi) is 8.04. The average molecular weight is 367 g/mol. The SMILES string of the molecule is CCNC(=NCCSCc1ccccc1F)N1CCN(C(C)=O)CC1. The lowest BCUT2D eigenvalue weighted by atomic mass is 10.2. The van der Waals surface area contributed by atoms with Gasteiger partial charge < -0.3 is 15.1 Å². The van der Waals surface area contributed by atoms with E-state index in [1.54, 1.807) is 24.8 Å². The van der Waals surface area contributed by atoms with Crippen LogP contribution in [0.1, 0.15) is 19.4 Å². The molecule has 0 unspecified atom stereocenters. The molecular formula is C18H27FN4OS. The van der Waals surface area contributed by atoms with Crippen LogP contribution in [-0.4, -0.2) is 66.7 Å². The highest BCUT2D eigenvalue weighted by molar-refractivity contribution is 7.98. The Morgan fingerprint density at radius 2 is 1.92 bits per heavy atom. The summed E-state index contributed by atoms with van der Waals surface area (Å²) in [7, 11) is 0. The normalized spacial score (nSPS) is 15.4. The molecule has 1 saturated heterocycles. The van der Waals surface area contributed by atoms with Crippen LogP contribution >= 0.6 is 11.8 Å². The van der Waals surface area contributed by atoms with Gasteiger partial charge in [0.1, 0.15) is 5.82 Å². The highest BCUT2D eigenvalue weighted by atomic mass is 32.2. The number of hydrogen-bond acceptors (Lipinski definition) is 3. The highest BCUT2D eigenvalue weighted by Gasteiger charge is 2.20. The minimum atomic E-state index is -0.143. The number of halogens is 1. The number of piperazine rings is 1. The van der Waals surface area contributed by atoms with Crippen LogP contribution in [0.25, 0.3) is 0 Å². The number of benzene rings is 1. The molecule has 5 nitrogen and oxygen atoms in total. The molecule has 25 heavy (non-hydrogen) atoms. The number of amides is 1. The summed E-state index contributed by atoms with van der Waals surface area (Å²) < 4.78 is 13.6. The third kappa shape index (κ3) is 6.23. The lowest BCUT2D eigenvalue weighted by molar-refractivity contribution is -0.130. The molecule has 0 atom stereocenters. The molecule has 0 saturated carbocycles. The van der Waals surface area contributed by atoms with Crippen molar-refractivity contribution in [2.24, 2.45) is 4.99 Å². The zero-order valence-electron chi connectivity index (χ0n) is 15.0. The summed E-state index contributed by atoms with van der Waals surface area (Å²) in [5.74, 6) is 2.39. The van der Waals surface area contributed by atoms with Gasteiger partial charge in [0.25, 0.3) is 0 Å². The van der Waals surface area contributed by atoms with E-state index in [4.69, 9.17) is 0 Å². The van der Waals surface area contributed by atoms with E-state index in [9.17, 15) is 9.18 Å². The van der Waals surface area contributed by atoms with E-state index >= 15 is 0 Å². The number of guanidine groups is 1. The van der Waals surface area contributed by atoms with E-state index in [-0.39, 0.29) is 11.7 Å². The summed E-state index contributed by atoms with van der Waals surface area (Å²) in [6.07, 6.45) is 0. The van der Waals surface area contributed by atoms with Gasteiger partial charge in [-0.1, -0.05) is 18.2 Å². The Labute approximate surface area is 153 Å². The van der Waals surface area contributed by atoms with Crippen molar-refractivity contribution >= 4 is 23.6 Å². The maximum absolute atomic E-state index is 13.6. The first kappa shape index (κ1) is 19.6. The van der Waals surface area contributed by atoms with Crippen LogP contribution in [0, 0.1) is 5.82 Å². The summed E-state index contributed by atoms with van der Waals surface area (Å²) in [4.78, 5) is 20.2. The van der Waals surface area contributed by atoms with Crippen molar-refractivity contribution in [3.05, 3.63) is 35.6 Å². The van der Waals surface area contributed by atoms with E-state index in [0.717, 1.165) is 50.0 Å². The largest absolute Gasteiger partial charge is 0.357 e. The number of nitrogens with one attached hydrogen (secondary N) is 1. The van der Waals surface area contributed by atoms with Crippen molar-refractivity contribution in [1.82, 2.24) is 15.1 Å². The first-order valence-electron chi connectivity index (χ1n) is 8.71. The first-order chi connectivity index (χ1) is 12.1. The van der Waals surface area contributed by atoms with Crippen LogP contribution in [0.3, 0.4) is 0 Å². The number of rotatable bonds is 6. The number of carbonyl (C=O) groups excluding carboxylic acids is 1. The van der Waals surface area contributed by atoms with Crippen molar-refractivity contribution in [2.75, 3.05) is 45.0 Å². The molecule has 0 aromatic heterocycles. The predicted molar refractivity (Wildman–Crippen MR) is 102 cm³/mol. The number of nitrogens with zero attached hydrogens (tertiary/aromatic N) is 3. The highest BCUT2D eigenvalue weighted by Crippen LogP contribution is 2.15. The Bertz CT molecular complexity index is 588. The number of aliphatic imine (C=N–C) groups is 1. The fourth-order valence-corrected chi connectivity index (χ4v) is 3.49. The summed E-state index contributed by atoms with van der Waals surface area (Å²) >= 11 is 1.69. The molecule has 138 valence electrons. The Hall–Kier alpha value is -1.76. The quantitative estimate of drug-likeness (QED) is 0.476. The second-order valence-electron chi connectivity index (χ2n) is 5.87. The van der Waals surface area contributed by atoms with Crippen molar-refractivity contribution < 1.29 is 9.18 Å². The zero-order chi connectivity index (χ0) is 18.1. The molecule has 1 fully saturated rings. The van der Waals surface area contributed by atoms with Gasteiger partial charge >= 0.3 is 0 Å². The van der Waals surface area contributed by atoms with Gasteiger partial charge in [0, 0.05) is 51.2 Å². The Morgan fingerprint density at radius 3 is 2.56 bits per heavy atom. The van der Waals surface area contributed by atoms with E-state index < -0.39 is 0 Å².